The molecule has 0 unspecified atom stereocenters. The Morgan fingerprint density at radius 1 is 0.905 bits per heavy atom. The van der Waals surface area contributed by atoms with Gasteiger partial charge in [0.2, 0.25) is 0 Å². The zero-order chi connectivity index (χ0) is 14.7. The molecule has 0 spiro atoms. The average Bonchev–Trinajstić information content (AvgIpc) is 3.04. The van der Waals surface area contributed by atoms with Crippen LogP contribution in [0.25, 0.3) is 22.1 Å². The van der Waals surface area contributed by atoms with E-state index in [1.165, 1.54) is 11.3 Å². The van der Waals surface area contributed by atoms with Crippen molar-refractivity contribution < 1.29 is 0 Å². The van der Waals surface area contributed by atoms with Gasteiger partial charge in [-0.2, -0.15) is 0 Å². The van der Waals surface area contributed by atoms with E-state index >= 15 is 0 Å². The van der Waals surface area contributed by atoms with E-state index in [4.69, 9.17) is 11.5 Å². The molecule has 0 bridgehead atoms. The lowest BCUT2D eigenvalue weighted by atomic mass is 10.1. The molecule has 0 amide bonds. The van der Waals surface area contributed by atoms with E-state index in [1.54, 1.807) is 12.4 Å². The van der Waals surface area contributed by atoms with Crippen molar-refractivity contribution in [3.8, 4) is 22.1 Å². The summed E-state index contributed by atoms with van der Waals surface area (Å²) < 4.78 is 0. The molecule has 0 aliphatic carbocycles. The number of nitrogens with two attached hydrogens (primary N) is 2. The van der Waals surface area contributed by atoms with Gasteiger partial charge in [-0.1, -0.05) is 12.1 Å². The third-order valence-electron chi connectivity index (χ3n) is 3.17. The van der Waals surface area contributed by atoms with E-state index in [0.29, 0.717) is 13.1 Å². The van der Waals surface area contributed by atoms with Gasteiger partial charge in [0.25, 0.3) is 0 Å². The van der Waals surface area contributed by atoms with Gasteiger partial charge in [0.15, 0.2) is 0 Å². The van der Waals surface area contributed by atoms with Gasteiger partial charge >= 0.3 is 0 Å². The summed E-state index contributed by atoms with van der Waals surface area (Å²) in [5.41, 5.74) is 16.0. The molecule has 0 saturated heterocycles. The minimum atomic E-state index is 0.438. The summed E-state index contributed by atoms with van der Waals surface area (Å²) in [7, 11) is 0. The third kappa shape index (κ3) is 2.69. The first kappa shape index (κ1) is 13.8. The van der Waals surface area contributed by atoms with Crippen LogP contribution in [-0.2, 0) is 13.1 Å². The van der Waals surface area contributed by atoms with Crippen LogP contribution in [0.2, 0.25) is 0 Å². The van der Waals surface area contributed by atoms with E-state index in [0.717, 1.165) is 33.2 Å². The predicted octanol–water partition coefficient (Wildman–Crippen LogP) is 2.18. The monoisotopic (exact) mass is 297 g/mol. The minimum Gasteiger partial charge on any atom is -0.326 e. The number of hydrogen-bond acceptors (Lipinski definition) is 6. The zero-order valence-electron chi connectivity index (χ0n) is 11.4. The van der Waals surface area contributed by atoms with Crippen LogP contribution in [0, 0.1) is 0 Å². The molecule has 6 heteroatoms. The van der Waals surface area contributed by atoms with Crippen LogP contribution < -0.4 is 11.5 Å². The maximum Gasteiger partial charge on any atom is 0.142 e. The van der Waals surface area contributed by atoms with Gasteiger partial charge in [0.1, 0.15) is 16.4 Å². The van der Waals surface area contributed by atoms with Crippen molar-refractivity contribution in [2.75, 3.05) is 0 Å². The van der Waals surface area contributed by atoms with Gasteiger partial charge in [-0.15, -0.1) is 11.3 Å². The number of hydrogen-bond donors (Lipinski definition) is 2. The van der Waals surface area contributed by atoms with Crippen LogP contribution in [0.5, 0.6) is 0 Å². The van der Waals surface area contributed by atoms with Gasteiger partial charge in [0.05, 0.1) is 5.69 Å². The van der Waals surface area contributed by atoms with E-state index in [9.17, 15) is 0 Å². The fourth-order valence-electron chi connectivity index (χ4n) is 2.12. The Hall–Kier alpha value is -2.15. The molecule has 0 aromatic carbocycles. The van der Waals surface area contributed by atoms with E-state index in [1.807, 2.05) is 29.6 Å². The summed E-state index contributed by atoms with van der Waals surface area (Å²) in [6.45, 7) is 0.878. The van der Waals surface area contributed by atoms with Crippen LogP contribution in [0.3, 0.4) is 0 Å². The first-order valence-corrected chi connectivity index (χ1v) is 7.45. The van der Waals surface area contributed by atoms with E-state index < -0.39 is 0 Å². The van der Waals surface area contributed by atoms with Crippen molar-refractivity contribution >= 4 is 11.3 Å². The molecule has 0 saturated carbocycles. The van der Waals surface area contributed by atoms with Crippen LogP contribution in [0.1, 0.15) is 11.1 Å². The summed E-state index contributed by atoms with van der Waals surface area (Å²) in [5.74, 6) is 0. The normalized spacial score (nSPS) is 10.8. The SMILES string of the molecule is NCc1cccnc1-c1csc(-c2ncccc2CN)n1. The Kier molecular flexibility index (Phi) is 4.01. The highest BCUT2D eigenvalue weighted by Crippen LogP contribution is 2.29. The molecule has 3 aromatic rings. The quantitative estimate of drug-likeness (QED) is 0.770. The van der Waals surface area contributed by atoms with Gasteiger partial charge in [0, 0.05) is 30.9 Å². The first-order valence-electron chi connectivity index (χ1n) is 6.57. The third-order valence-corrected chi connectivity index (χ3v) is 4.02. The average molecular weight is 297 g/mol. The molecule has 0 fully saturated rings. The molecule has 3 rings (SSSR count). The zero-order valence-corrected chi connectivity index (χ0v) is 12.2. The molecular weight excluding hydrogens is 282 g/mol. The van der Waals surface area contributed by atoms with Crippen molar-refractivity contribution in [3.05, 3.63) is 53.2 Å². The lowest BCUT2D eigenvalue weighted by molar-refractivity contribution is 1.04. The van der Waals surface area contributed by atoms with Gasteiger partial charge < -0.3 is 11.5 Å². The number of nitrogens with zero attached hydrogens (tertiary/aromatic N) is 3. The highest BCUT2D eigenvalue weighted by atomic mass is 32.1. The van der Waals surface area contributed by atoms with Crippen LogP contribution in [0.15, 0.2) is 42.0 Å². The smallest absolute Gasteiger partial charge is 0.142 e. The molecule has 3 heterocycles. The summed E-state index contributed by atoms with van der Waals surface area (Å²) in [6, 6.07) is 7.69. The highest BCUT2D eigenvalue weighted by Gasteiger charge is 2.13. The standard InChI is InChI=1S/C15H15N5S/c16-7-10-3-1-5-18-13(10)12-9-21-15(20-12)14-11(8-17)4-2-6-19-14/h1-6,9H,7-8,16-17H2. The van der Waals surface area contributed by atoms with Crippen LogP contribution >= 0.6 is 11.3 Å². The molecule has 3 aromatic heterocycles. The van der Waals surface area contributed by atoms with Gasteiger partial charge in [-0.25, -0.2) is 4.98 Å². The fourth-order valence-corrected chi connectivity index (χ4v) is 2.96. The van der Waals surface area contributed by atoms with Gasteiger partial charge in [-0.05, 0) is 23.3 Å². The lowest BCUT2D eigenvalue weighted by Gasteiger charge is -2.04. The fraction of sp³-hybridized carbons (Fsp3) is 0.133. The largest absolute Gasteiger partial charge is 0.326 e. The highest BCUT2D eigenvalue weighted by molar-refractivity contribution is 7.13. The molecule has 21 heavy (non-hydrogen) atoms. The Bertz CT molecular complexity index is 691. The molecule has 106 valence electrons. The number of thiazole rings is 1. The van der Waals surface area contributed by atoms with Crippen LogP contribution in [-0.4, -0.2) is 15.0 Å². The molecule has 0 aliphatic rings. The predicted molar refractivity (Wildman–Crippen MR) is 84.4 cm³/mol. The molecule has 5 nitrogen and oxygen atoms in total. The molecule has 0 aliphatic heterocycles. The molecule has 0 radical (unpaired) electrons. The Balaban J connectivity index is 2.04. The van der Waals surface area contributed by atoms with Crippen molar-refractivity contribution in [2.45, 2.75) is 13.1 Å². The second kappa shape index (κ2) is 6.09. The van der Waals surface area contributed by atoms with E-state index in [-0.39, 0.29) is 0 Å². The second-order valence-corrected chi connectivity index (χ2v) is 5.33. The molecule has 0 atom stereocenters. The Morgan fingerprint density at radius 3 is 2.19 bits per heavy atom. The van der Waals surface area contributed by atoms with Crippen molar-refractivity contribution in [3.63, 3.8) is 0 Å². The minimum absolute atomic E-state index is 0.438. The topological polar surface area (TPSA) is 90.7 Å². The number of aromatic nitrogens is 3. The van der Waals surface area contributed by atoms with Crippen molar-refractivity contribution in [1.82, 2.24) is 15.0 Å². The summed E-state index contributed by atoms with van der Waals surface area (Å²) >= 11 is 1.54. The van der Waals surface area contributed by atoms with Crippen LogP contribution in [0.4, 0.5) is 0 Å². The summed E-state index contributed by atoms with van der Waals surface area (Å²) in [4.78, 5) is 13.4. The Labute approximate surface area is 126 Å². The van der Waals surface area contributed by atoms with E-state index in [2.05, 4.69) is 15.0 Å². The molecule has 4 N–H and O–H groups in total. The lowest BCUT2D eigenvalue weighted by Crippen LogP contribution is -2.01. The second-order valence-electron chi connectivity index (χ2n) is 4.47. The number of pyridine rings is 2. The first-order chi connectivity index (χ1) is 10.3. The van der Waals surface area contributed by atoms with Gasteiger partial charge in [-0.3, -0.25) is 9.97 Å². The summed E-state index contributed by atoms with van der Waals surface area (Å²) in [6.07, 6.45) is 3.50. The van der Waals surface area contributed by atoms with Crippen molar-refractivity contribution in [1.29, 1.82) is 0 Å². The maximum absolute atomic E-state index is 5.76. The summed E-state index contributed by atoms with van der Waals surface area (Å²) in [5, 5.41) is 2.82. The molecular formula is C15H15N5S. The van der Waals surface area contributed by atoms with Crippen molar-refractivity contribution in [2.24, 2.45) is 11.5 Å². The Morgan fingerprint density at radius 2 is 1.52 bits per heavy atom. The number of rotatable bonds is 4. The maximum atomic E-state index is 5.76.